The molecule has 0 aliphatic carbocycles. The van der Waals surface area contributed by atoms with E-state index in [-0.39, 0.29) is 12.1 Å². The summed E-state index contributed by atoms with van der Waals surface area (Å²) in [6.45, 7) is 3.05. The number of piperidine rings is 1. The van der Waals surface area contributed by atoms with Gasteiger partial charge in [-0.25, -0.2) is 0 Å². The lowest BCUT2D eigenvalue weighted by Gasteiger charge is -2.35. The van der Waals surface area contributed by atoms with Crippen molar-refractivity contribution in [3.8, 4) is 0 Å². The third-order valence-electron chi connectivity index (χ3n) is 2.76. The monoisotopic (exact) mass is 251 g/mol. The maximum atomic E-state index is 11.9. The summed E-state index contributed by atoms with van der Waals surface area (Å²) in [5.74, 6) is 0. The number of methoxy groups -OCH3 is 1. The van der Waals surface area contributed by atoms with Crippen molar-refractivity contribution in [2.45, 2.75) is 31.8 Å². The van der Waals surface area contributed by atoms with Crippen LogP contribution in [0.2, 0.25) is 0 Å². The predicted octanol–water partition coefficient (Wildman–Crippen LogP) is -0.721. The van der Waals surface area contributed by atoms with Crippen molar-refractivity contribution in [3.05, 3.63) is 0 Å². The first kappa shape index (κ1) is 13.9. The van der Waals surface area contributed by atoms with E-state index in [9.17, 15) is 8.42 Å². The van der Waals surface area contributed by atoms with Gasteiger partial charge in [-0.1, -0.05) is 0 Å². The van der Waals surface area contributed by atoms with Crippen molar-refractivity contribution in [2.24, 2.45) is 5.73 Å². The molecule has 1 aliphatic rings. The minimum absolute atomic E-state index is 0.0382. The SMILES string of the molecule is COCCNS(=O)(=O)N1CCC(N)CC1C. The van der Waals surface area contributed by atoms with Gasteiger partial charge in [0.15, 0.2) is 0 Å². The number of ether oxygens (including phenoxy) is 1. The van der Waals surface area contributed by atoms with Crippen molar-refractivity contribution in [2.75, 3.05) is 26.8 Å². The number of hydrogen-bond donors (Lipinski definition) is 2. The quantitative estimate of drug-likeness (QED) is 0.631. The van der Waals surface area contributed by atoms with Crippen molar-refractivity contribution in [1.29, 1.82) is 0 Å². The van der Waals surface area contributed by atoms with Crippen LogP contribution in [-0.2, 0) is 14.9 Å². The van der Waals surface area contributed by atoms with Gasteiger partial charge in [0, 0.05) is 32.3 Å². The molecule has 2 atom stereocenters. The molecule has 0 amide bonds. The Morgan fingerprint density at radius 1 is 1.56 bits per heavy atom. The van der Waals surface area contributed by atoms with Crippen LogP contribution < -0.4 is 10.5 Å². The molecule has 1 fully saturated rings. The highest BCUT2D eigenvalue weighted by atomic mass is 32.2. The highest BCUT2D eigenvalue weighted by molar-refractivity contribution is 7.87. The standard InChI is InChI=1S/C9H21N3O3S/c1-8-7-9(10)3-5-12(8)16(13,14)11-4-6-15-2/h8-9,11H,3-7,10H2,1-2H3. The first-order valence-electron chi connectivity index (χ1n) is 5.48. The summed E-state index contributed by atoms with van der Waals surface area (Å²) in [6, 6.07) is 0.0734. The summed E-state index contributed by atoms with van der Waals surface area (Å²) >= 11 is 0. The Balaban J connectivity index is 2.54. The van der Waals surface area contributed by atoms with Gasteiger partial charge >= 0.3 is 0 Å². The van der Waals surface area contributed by atoms with Gasteiger partial charge in [0.25, 0.3) is 10.2 Å². The third kappa shape index (κ3) is 3.67. The van der Waals surface area contributed by atoms with Crippen LogP contribution in [0.4, 0.5) is 0 Å². The van der Waals surface area contributed by atoms with Crippen molar-refractivity contribution < 1.29 is 13.2 Å². The van der Waals surface area contributed by atoms with E-state index in [4.69, 9.17) is 10.5 Å². The van der Waals surface area contributed by atoms with Crippen LogP contribution in [0.1, 0.15) is 19.8 Å². The topological polar surface area (TPSA) is 84.7 Å². The maximum Gasteiger partial charge on any atom is 0.279 e. The van der Waals surface area contributed by atoms with Crippen LogP contribution in [0.3, 0.4) is 0 Å². The van der Waals surface area contributed by atoms with E-state index in [0.29, 0.717) is 26.1 Å². The molecule has 1 saturated heterocycles. The predicted molar refractivity (Wildman–Crippen MR) is 62.2 cm³/mol. The zero-order valence-corrected chi connectivity index (χ0v) is 10.7. The third-order valence-corrected chi connectivity index (χ3v) is 4.48. The Morgan fingerprint density at radius 3 is 2.81 bits per heavy atom. The molecule has 1 rings (SSSR count). The number of nitrogens with one attached hydrogen (secondary N) is 1. The lowest BCUT2D eigenvalue weighted by atomic mass is 10.0. The summed E-state index contributed by atoms with van der Waals surface area (Å²) in [5.41, 5.74) is 5.79. The molecular formula is C9H21N3O3S. The van der Waals surface area contributed by atoms with Crippen molar-refractivity contribution in [3.63, 3.8) is 0 Å². The van der Waals surface area contributed by atoms with Crippen LogP contribution in [0.25, 0.3) is 0 Å². The largest absolute Gasteiger partial charge is 0.383 e. The van der Waals surface area contributed by atoms with Gasteiger partial charge in [0.05, 0.1) is 6.61 Å². The second-order valence-corrected chi connectivity index (χ2v) is 5.84. The maximum absolute atomic E-state index is 11.9. The van der Waals surface area contributed by atoms with Gasteiger partial charge in [-0.3, -0.25) is 0 Å². The average molecular weight is 251 g/mol. The van der Waals surface area contributed by atoms with E-state index in [1.54, 1.807) is 0 Å². The summed E-state index contributed by atoms with van der Waals surface area (Å²) in [5, 5.41) is 0. The number of nitrogens with zero attached hydrogens (tertiary/aromatic N) is 1. The van der Waals surface area contributed by atoms with E-state index in [1.165, 1.54) is 11.4 Å². The van der Waals surface area contributed by atoms with E-state index in [1.807, 2.05) is 6.92 Å². The van der Waals surface area contributed by atoms with Gasteiger partial charge in [0.1, 0.15) is 0 Å². The van der Waals surface area contributed by atoms with E-state index < -0.39 is 10.2 Å². The molecule has 0 aromatic heterocycles. The fraction of sp³-hybridized carbons (Fsp3) is 1.00. The van der Waals surface area contributed by atoms with Crippen molar-refractivity contribution in [1.82, 2.24) is 9.03 Å². The van der Waals surface area contributed by atoms with Crippen LogP contribution in [0, 0.1) is 0 Å². The second kappa shape index (κ2) is 5.92. The molecule has 0 spiro atoms. The van der Waals surface area contributed by atoms with Crippen LogP contribution >= 0.6 is 0 Å². The Morgan fingerprint density at radius 2 is 2.25 bits per heavy atom. The number of nitrogens with two attached hydrogens (primary N) is 1. The van der Waals surface area contributed by atoms with Gasteiger partial charge in [-0.2, -0.15) is 17.4 Å². The Bertz CT molecular complexity index is 307. The summed E-state index contributed by atoms with van der Waals surface area (Å²) in [6.07, 6.45) is 1.43. The summed E-state index contributed by atoms with van der Waals surface area (Å²) < 4.78 is 32.6. The van der Waals surface area contributed by atoms with E-state index in [2.05, 4.69) is 4.72 Å². The van der Waals surface area contributed by atoms with E-state index >= 15 is 0 Å². The second-order valence-electron chi connectivity index (χ2n) is 4.14. The highest BCUT2D eigenvalue weighted by Crippen LogP contribution is 2.18. The molecule has 0 bridgehead atoms. The van der Waals surface area contributed by atoms with Gasteiger partial charge in [-0.15, -0.1) is 0 Å². The average Bonchev–Trinajstić information content (AvgIpc) is 2.17. The minimum atomic E-state index is -3.38. The molecule has 3 N–H and O–H groups in total. The van der Waals surface area contributed by atoms with Gasteiger partial charge < -0.3 is 10.5 Å². The minimum Gasteiger partial charge on any atom is -0.383 e. The Labute approximate surface area is 97.3 Å². The lowest BCUT2D eigenvalue weighted by Crippen LogP contribution is -2.52. The molecule has 96 valence electrons. The molecule has 7 heteroatoms. The number of rotatable bonds is 5. The molecule has 1 heterocycles. The molecule has 0 aromatic carbocycles. The first-order valence-corrected chi connectivity index (χ1v) is 6.92. The van der Waals surface area contributed by atoms with Crippen molar-refractivity contribution >= 4 is 10.2 Å². The fourth-order valence-electron chi connectivity index (χ4n) is 1.90. The molecule has 0 saturated carbocycles. The number of hydrogen-bond acceptors (Lipinski definition) is 4. The van der Waals surface area contributed by atoms with E-state index in [0.717, 1.165) is 6.42 Å². The van der Waals surface area contributed by atoms with Crippen LogP contribution in [0.5, 0.6) is 0 Å². The highest BCUT2D eigenvalue weighted by Gasteiger charge is 2.31. The molecule has 1 aliphatic heterocycles. The molecule has 6 nitrogen and oxygen atoms in total. The molecule has 16 heavy (non-hydrogen) atoms. The summed E-state index contributed by atoms with van der Waals surface area (Å²) in [4.78, 5) is 0. The van der Waals surface area contributed by atoms with Crippen LogP contribution in [0.15, 0.2) is 0 Å². The molecule has 0 radical (unpaired) electrons. The van der Waals surface area contributed by atoms with Gasteiger partial charge in [-0.05, 0) is 19.8 Å². The van der Waals surface area contributed by atoms with Crippen LogP contribution in [-0.4, -0.2) is 51.6 Å². The Kier molecular flexibility index (Phi) is 5.13. The Hall–Kier alpha value is -0.210. The summed E-state index contributed by atoms with van der Waals surface area (Å²) in [7, 11) is -1.84. The molecule has 0 aromatic rings. The lowest BCUT2D eigenvalue weighted by molar-refractivity contribution is 0.201. The molecule has 2 unspecified atom stereocenters. The first-order chi connectivity index (χ1) is 7.47. The smallest absolute Gasteiger partial charge is 0.279 e. The zero-order chi connectivity index (χ0) is 12.2. The van der Waals surface area contributed by atoms with Gasteiger partial charge in [0.2, 0.25) is 0 Å². The fourth-order valence-corrected chi connectivity index (χ4v) is 3.31. The zero-order valence-electron chi connectivity index (χ0n) is 9.85. The normalized spacial score (nSPS) is 28.2. The molecular weight excluding hydrogens is 230 g/mol.